The molecule has 4 N–H and O–H groups in total. The molecule has 160 valence electrons. The third-order valence-corrected chi connectivity index (χ3v) is 7.10. The number of hydrogen-bond donors (Lipinski definition) is 4. The Hall–Kier alpha value is -3.43. The van der Waals surface area contributed by atoms with Crippen LogP contribution in [0.2, 0.25) is 5.02 Å². The van der Waals surface area contributed by atoms with Crippen LogP contribution < -0.4 is 16.0 Å². The molecule has 2 aromatic carbocycles. The summed E-state index contributed by atoms with van der Waals surface area (Å²) in [6.07, 6.45) is 0. The van der Waals surface area contributed by atoms with Gasteiger partial charge in [0.15, 0.2) is 0 Å². The van der Waals surface area contributed by atoms with Crippen molar-refractivity contribution in [3.63, 3.8) is 0 Å². The van der Waals surface area contributed by atoms with Crippen molar-refractivity contribution in [3.05, 3.63) is 57.4 Å². The van der Waals surface area contributed by atoms with Crippen LogP contribution in [0.1, 0.15) is 20.8 Å². The first-order chi connectivity index (χ1) is 15.7. The Balaban J connectivity index is 1.28. The van der Waals surface area contributed by atoms with Gasteiger partial charge in [-0.3, -0.25) is 20.1 Å². The van der Waals surface area contributed by atoms with E-state index in [-0.39, 0.29) is 5.91 Å². The Labute approximate surface area is 191 Å². The van der Waals surface area contributed by atoms with E-state index in [1.165, 1.54) is 11.3 Å². The minimum Gasteiger partial charge on any atom is -0.368 e. The van der Waals surface area contributed by atoms with Gasteiger partial charge in [-0.2, -0.15) is 0 Å². The molecule has 0 fully saturated rings. The van der Waals surface area contributed by atoms with Crippen LogP contribution in [0.3, 0.4) is 0 Å². The number of rotatable bonds is 4. The summed E-state index contributed by atoms with van der Waals surface area (Å²) in [6, 6.07) is 11.8. The van der Waals surface area contributed by atoms with E-state index in [4.69, 9.17) is 11.6 Å². The van der Waals surface area contributed by atoms with E-state index in [0.29, 0.717) is 15.8 Å². The first-order valence-electron chi connectivity index (χ1n) is 10.3. The standard InChI is InChI=1S/C22H18ClN7OS/c23-17-13-3-1-12(20-26-7-8-27-20)10-16(13)32-18(17)21(31)30-22-28-14-4-2-11(9-15(14)29-22)19-24-5-6-25-19/h1-4,9-10H,5-8H2,(H,24,25)(H,26,27)(H2,28,29,30,31). The molecular formula is C22H18ClN7OS. The molecule has 0 bridgehead atoms. The summed E-state index contributed by atoms with van der Waals surface area (Å²) in [5, 5.41) is 10.7. The first kappa shape index (κ1) is 19.3. The maximum Gasteiger partial charge on any atom is 0.269 e. The molecule has 0 aliphatic carbocycles. The number of aromatic nitrogens is 2. The molecule has 0 spiro atoms. The van der Waals surface area contributed by atoms with Gasteiger partial charge in [0.1, 0.15) is 16.5 Å². The van der Waals surface area contributed by atoms with Gasteiger partial charge >= 0.3 is 0 Å². The lowest BCUT2D eigenvalue weighted by Crippen LogP contribution is -2.19. The Morgan fingerprint density at radius 1 is 1.00 bits per heavy atom. The average molecular weight is 464 g/mol. The van der Waals surface area contributed by atoms with Crippen LogP contribution >= 0.6 is 22.9 Å². The van der Waals surface area contributed by atoms with Gasteiger partial charge in [0, 0.05) is 34.3 Å². The van der Waals surface area contributed by atoms with Crippen LogP contribution in [0.4, 0.5) is 5.95 Å². The molecule has 0 radical (unpaired) electrons. The lowest BCUT2D eigenvalue weighted by Gasteiger charge is -2.01. The Morgan fingerprint density at radius 2 is 1.72 bits per heavy atom. The summed E-state index contributed by atoms with van der Waals surface area (Å²) in [5.74, 6) is 1.84. The highest BCUT2D eigenvalue weighted by Gasteiger charge is 2.20. The SMILES string of the molecule is O=C(Nc1nc2ccc(C3=NCCN3)cc2[nH]1)c1sc2cc(C3=NCCN3)ccc2c1Cl. The van der Waals surface area contributed by atoms with Gasteiger partial charge in [-0.1, -0.05) is 23.7 Å². The lowest BCUT2D eigenvalue weighted by molar-refractivity contribution is 0.103. The molecule has 6 rings (SSSR count). The summed E-state index contributed by atoms with van der Waals surface area (Å²) < 4.78 is 0.938. The van der Waals surface area contributed by atoms with Crippen LogP contribution in [0.5, 0.6) is 0 Å². The van der Waals surface area contributed by atoms with Crippen molar-refractivity contribution in [1.82, 2.24) is 20.6 Å². The van der Waals surface area contributed by atoms with Crippen molar-refractivity contribution in [2.75, 3.05) is 31.5 Å². The number of nitrogens with one attached hydrogen (secondary N) is 4. The second-order valence-electron chi connectivity index (χ2n) is 7.54. The number of amidine groups is 2. The molecule has 32 heavy (non-hydrogen) atoms. The number of anilines is 1. The van der Waals surface area contributed by atoms with Crippen molar-refractivity contribution in [3.8, 4) is 0 Å². The molecule has 8 nitrogen and oxygen atoms in total. The van der Waals surface area contributed by atoms with Gasteiger partial charge < -0.3 is 15.6 Å². The van der Waals surface area contributed by atoms with Gasteiger partial charge in [0.2, 0.25) is 5.95 Å². The van der Waals surface area contributed by atoms with E-state index in [1.807, 2.05) is 36.4 Å². The Morgan fingerprint density at radius 3 is 2.44 bits per heavy atom. The number of hydrogen-bond acceptors (Lipinski definition) is 7. The second kappa shape index (κ2) is 7.61. The number of fused-ring (bicyclic) bond motifs is 2. The molecular weight excluding hydrogens is 446 g/mol. The zero-order chi connectivity index (χ0) is 21.7. The number of aromatic amines is 1. The van der Waals surface area contributed by atoms with Gasteiger partial charge in [0.05, 0.1) is 29.1 Å². The molecule has 0 saturated carbocycles. The van der Waals surface area contributed by atoms with Crippen molar-refractivity contribution < 1.29 is 4.79 Å². The molecule has 1 amide bonds. The normalized spacial score (nSPS) is 15.5. The molecule has 4 aromatic rings. The lowest BCUT2D eigenvalue weighted by atomic mass is 10.1. The smallest absolute Gasteiger partial charge is 0.269 e. The van der Waals surface area contributed by atoms with Crippen molar-refractivity contribution >= 4 is 67.6 Å². The minimum absolute atomic E-state index is 0.296. The third kappa shape index (κ3) is 3.30. The number of aliphatic imine (C=N–C) groups is 2. The van der Waals surface area contributed by atoms with E-state index < -0.39 is 0 Å². The highest BCUT2D eigenvalue weighted by molar-refractivity contribution is 7.21. The molecule has 0 atom stereocenters. The van der Waals surface area contributed by atoms with Gasteiger partial charge in [-0.25, -0.2) is 4.98 Å². The van der Waals surface area contributed by atoms with Crippen LogP contribution in [-0.2, 0) is 0 Å². The average Bonchev–Trinajstić information content (AvgIpc) is 3.59. The predicted molar refractivity (Wildman–Crippen MR) is 130 cm³/mol. The minimum atomic E-state index is -0.296. The fourth-order valence-corrected chi connectivity index (χ4v) is 5.37. The van der Waals surface area contributed by atoms with Crippen LogP contribution in [0.25, 0.3) is 21.1 Å². The van der Waals surface area contributed by atoms with Crippen LogP contribution in [0, 0.1) is 0 Å². The van der Waals surface area contributed by atoms with Crippen molar-refractivity contribution in [2.24, 2.45) is 9.98 Å². The third-order valence-electron chi connectivity index (χ3n) is 5.44. The zero-order valence-electron chi connectivity index (χ0n) is 16.8. The van der Waals surface area contributed by atoms with E-state index in [0.717, 1.165) is 70.1 Å². The highest BCUT2D eigenvalue weighted by atomic mass is 35.5. The van der Waals surface area contributed by atoms with Gasteiger partial charge in [-0.05, 0) is 24.3 Å². The van der Waals surface area contributed by atoms with Crippen molar-refractivity contribution in [2.45, 2.75) is 0 Å². The summed E-state index contributed by atoms with van der Waals surface area (Å²) in [5.41, 5.74) is 3.57. The summed E-state index contributed by atoms with van der Waals surface area (Å²) in [4.78, 5) is 30.0. The number of H-pyrrole nitrogens is 1. The monoisotopic (exact) mass is 463 g/mol. The topological polar surface area (TPSA) is 107 Å². The summed E-state index contributed by atoms with van der Waals surface area (Å²) in [6.45, 7) is 3.24. The highest BCUT2D eigenvalue weighted by Crippen LogP contribution is 2.36. The molecule has 2 aliphatic heterocycles. The number of thiophene rings is 1. The number of halogens is 1. The maximum absolute atomic E-state index is 13.0. The number of imidazole rings is 1. The molecule has 10 heteroatoms. The summed E-state index contributed by atoms with van der Waals surface area (Å²) >= 11 is 7.91. The fraction of sp³-hybridized carbons (Fsp3) is 0.182. The number of amides is 1. The van der Waals surface area contributed by atoms with Crippen LogP contribution in [0.15, 0.2) is 46.4 Å². The number of carbonyl (C=O) groups excluding carboxylic acids is 1. The predicted octanol–water partition coefficient (Wildman–Crippen LogP) is 3.38. The molecule has 0 unspecified atom stereocenters. The molecule has 2 aromatic heterocycles. The zero-order valence-corrected chi connectivity index (χ0v) is 18.4. The largest absolute Gasteiger partial charge is 0.368 e. The Kier molecular flexibility index (Phi) is 4.58. The van der Waals surface area contributed by atoms with E-state index in [2.05, 4.69) is 35.9 Å². The maximum atomic E-state index is 13.0. The second-order valence-corrected chi connectivity index (χ2v) is 8.97. The molecule has 0 saturated heterocycles. The van der Waals surface area contributed by atoms with Gasteiger partial charge in [0.25, 0.3) is 5.91 Å². The number of benzene rings is 2. The van der Waals surface area contributed by atoms with E-state index >= 15 is 0 Å². The van der Waals surface area contributed by atoms with E-state index in [9.17, 15) is 4.79 Å². The fourth-order valence-electron chi connectivity index (χ4n) is 3.92. The number of nitrogens with zero attached hydrogens (tertiary/aromatic N) is 3. The number of carbonyl (C=O) groups is 1. The summed E-state index contributed by atoms with van der Waals surface area (Å²) in [7, 11) is 0. The van der Waals surface area contributed by atoms with Crippen LogP contribution in [-0.4, -0.2) is 53.7 Å². The first-order valence-corrected chi connectivity index (χ1v) is 11.5. The molecule has 4 heterocycles. The Bertz CT molecular complexity index is 1450. The van der Waals surface area contributed by atoms with Crippen molar-refractivity contribution in [1.29, 1.82) is 0 Å². The van der Waals surface area contributed by atoms with E-state index in [1.54, 1.807) is 0 Å². The van der Waals surface area contributed by atoms with Gasteiger partial charge in [-0.15, -0.1) is 11.3 Å². The quantitative estimate of drug-likeness (QED) is 0.372. The molecule has 2 aliphatic rings.